The quantitative estimate of drug-likeness (QED) is 0.0967. The summed E-state index contributed by atoms with van der Waals surface area (Å²) in [6.45, 7) is 6.03. The number of carbonyl (C=O) groups is 2. The van der Waals surface area contributed by atoms with Gasteiger partial charge in [-0.15, -0.1) is 0 Å². The molecule has 0 aromatic rings. The Morgan fingerprint density at radius 1 is 0.636 bits per heavy atom. The second-order valence-electron chi connectivity index (χ2n) is 9.00. The molecule has 0 saturated carbocycles. The molecule has 5 heteroatoms. The summed E-state index contributed by atoms with van der Waals surface area (Å²) in [5.41, 5.74) is 0. The van der Waals surface area contributed by atoms with Gasteiger partial charge in [-0.1, -0.05) is 109 Å². The smallest absolute Gasteiger partial charge is 0.335 e. The third-order valence-electron chi connectivity index (χ3n) is 6.03. The van der Waals surface area contributed by atoms with E-state index in [2.05, 4.69) is 6.92 Å². The first-order valence-electron chi connectivity index (χ1n) is 13.7. The van der Waals surface area contributed by atoms with Crippen molar-refractivity contribution in [3.8, 4) is 0 Å². The lowest BCUT2D eigenvalue weighted by Gasteiger charge is -2.18. The maximum Gasteiger partial charge on any atom is 0.335 e. The molecule has 0 spiro atoms. The fraction of sp³-hybridized carbons (Fsp3) is 0.857. The Kier molecular flexibility index (Phi) is 22.8. The van der Waals surface area contributed by atoms with E-state index in [1.165, 1.54) is 89.9 Å². The Morgan fingerprint density at radius 2 is 1.06 bits per heavy atom. The summed E-state index contributed by atoms with van der Waals surface area (Å²) in [4.78, 5) is 23.9. The number of allylic oxidation sites excluding steroid dienone is 2. The van der Waals surface area contributed by atoms with Gasteiger partial charge in [0.15, 0.2) is 6.10 Å². The van der Waals surface area contributed by atoms with E-state index in [9.17, 15) is 14.7 Å². The fourth-order valence-corrected chi connectivity index (χ4v) is 3.99. The van der Waals surface area contributed by atoms with Crippen LogP contribution in [0.1, 0.15) is 130 Å². The van der Waals surface area contributed by atoms with Gasteiger partial charge in [0.1, 0.15) is 0 Å². The summed E-state index contributed by atoms with van der Waals surface area (Å²) in [6, 6.07) is 0. The van der Waals surface area contributed by atoms with Gasteiger partial charge in [0.05, 0.1) is 19.1 Å². The van der Waals surface area contributed by atoms with Crippen LogP contribution in [0.25, 0.3) is 0 Å². The molecule has 1 N–H and O–H groups in total. The lowest BCUT2D eigenvalue weighted by molar-refractivity contribution is -0.165. The molecule has 0 fully saturated rings. The van der Waals surface area contributed by atoms with Crippen LogP contribution in [0.4, 0.5) is 0 Å². The van der Waals surface area contributed by atoms with E-state index in [-0.39, 0.29) is 19.6 Å². The number of esters is 2. The van der Waals surface area contributed by atoms with Crippen molar-refractivity contribution in [3.63, 3.8) is 0 Å². The third kappa shape index (κ3) is 18.7. The molecule has 0 aliphatic carbocycles. The maximum atomic E-state index is 12.1. The van der Waals surface area contributed by atoms with Gasteiger partial charge in [0, 0.05) is 0 Å². The van der Waals surface area contributed by atoms with Crippen LogP contribution in [-0.2, 0) is 19.1 Å². The van der Waals surface area contributed by atoms with E-state index in [1.807, 2.05) is 12.2 Å². The molecule has 0 bridgehead atoms. The second-order valence-corrected chi connectivity index (χ2v) is 9.00. The normalized spacial score (nSPS) is 13.2. The minimum atomic E-state index is -1.49. The molecule has 0 radical (unpaired) electrons. The Hall–Kier alpha value is -1.36. The second kappa shape index (κ2) is 23.8. The van der Waals surface area contributed by atoms with Crippen molar-refractivity contribution in [2.24, 2.45) is 5.92 Å². The van der Waals surface area contributed by atoms with Crippen LogP contribution in [0.5, 0.6) is 0 Å². The van der Waals surface area contributed by atoms with Crippen molar-refractivity contribution in [2.75, 3.05) is 13.2 Å². The molecule has 0 saturated heterocycles. The molecule has 0 rings (SSSR count). The predicted octanol–water partition coefficient (Wildman–Crippen LogP) is 7.30. The van der Waals surface area contributed by atoms with E-state index < -0.39 is 24.0 Å². The van der Waals surface area contributed by atoms with Gasteiger partial charge >= 0.3 is 11.9 Å². The number of aliphatic hydroxyl groups is 1. The molecule has 0 aliphatic rings. The Morgan fingerprint density at radius 3 is 1.52 bits per heavy atom. The summed E-state index contributed by atoms with van der Waals surface area (Å²) < 4.78 is 9.83. The number of carbonyl (C=O) groups excluding carboxylic acids is 2. The zero-order chi connectivity index (χ0) is 24.6. The molecule has 0 aliphatic heterocycles. The van der Waals surface area contributed by atoms with Crippen LogP contribution in [0, 0.1) is 5.92 Å². The largest absolute Gasteiger partial charge is 0.466 e. The van der Waals surface area contributed by atoms with Gasteiger partial charge in [-0.3, -0.25) is 4.79 Å². The van der Waals surface area contributed by atoms with Crippen molar-refractivity contribution in [3.05, 3.63) is 12.2 Å². The van der Waals surface area contributed by atoms with Crippen LogP contribution in [-0.4, -0.2) is 36.4 Å². The van der Waals surface area contributed by atoms with Gasteiger partial charge in [-0.05, 0) is 33.1 Å². The van der Waals surface area contributed by atoms with E-state index in [0.29, 0.717) is 0 Å². The first kappa shape index (κ1) is 31.6. The summed E-state index contributed by atoms with van der Waals surface area (Å²) in [5.74, 6) is -2.25. The highest BCUT2D eigenvalue weighted by Crippen LogP contribution is 2.16. The van der Waals surface area contributed by atoms with Crippen LogP contribution >= 0.6 is 0 Å². The zero-order valence-corrected chi connectivity index (χ0v) is 21.8. The molecule has 2 atom stereocenters. The fourth-order valence-electron chi connectivity index (χ4n) is 3.99. The van der Waals surface area contributed by atoms with E-state index >= 15 is 0 Å². The molecule has 33 heavy (non-hydrogen) atoms. The average molecular weight is 469 g/mol. The highest BCUT2D eigenvalue weighted by molar-refractivity contribution is 5.83. The van der Waals surface area contributed by atoms with Gasteiger partial charge in [0.2, 0.25) is 0 Å². The number of rotatable bonds is 23. The van der Waals surface area contributed by atoms with Gasteiger partial charge < -0.3 is 14.6 Å². The standard InChI is InChI=1S/C28H52O5/c1-4-7-8-9-10-11-12-13-14-15-16-17-18-19-20-21-22-23-24-25(27(30)32-5-2)26(29)28(31)33-6-3/h22-23,25-26,29H,4-21,24H2,1-3H3/b23-22+/t25-,26+/m1/s1. The molecule has 0 aromatic carbocycles. The molecule has 0 heterocycles. The highest BCUT2D eigenvalue weighted by atomic mass is 16.6. The van der Waals surface area contributed by atoms with Crippen molar-refractivity contribution in [2.45, 2.75) is 136 Å². The first-order chi connectivity index (χ1) is 16.1. The number of unbranched alkanes of at least 4 members (excludes halogenated alkanes) is 15. The number of hydrogen-bond acceptors (Lipinski definition) is 5. The van der Waals surface area contributed by atoms with Crippen molar-refractivity contribution in [1.29, 1.82) is 0 Å². The van der Waals surface area contributed by atoms with E-state index in [4.69, 9.17) is 9.47 Å². The Balaban J connectivity index is 3.74. The zero-order valence-electron chi connectivity index (χ0n) is 21.8. The van der Waals surface area contributed by atoms with Crippen molar-refractivity contribution >= 4 is 11.9 Å². The molecule has 5 nitrogen and oxygen atoms in total. The van der Waals surface area contributed by atoms with Crippen LogP contribution in [0.3, 0.4) is 0 Å². The minimum absolute atomic E-state index is 0.167. The summed E-state index contributed by atoms with van der Waals surface area (Å²) in [7, 11) is 0. The molecule has 0 aromatic heterocycles. The van der Waals surface area contributed by atoms with Gasteiger partial charge in [-0.25, -0.2) is 4.79 Å². The van der Waals surface area contributed by atoms with Gasteiger partial charge in [-0.2, -0.15) is 0 Å². The molecular weight excluding hydrogens is 416 g/mol. The summed E-state index contributed by atoms with van der Waals surface area (Å²) in [6.07, 6.45) is 23.9. The number of ether oxygens (including phenoxy) is 2. The van der Waals surface area contributed by atoms with E-state index in [0.717, 1.165) is 12.8 Å². The summed E-state index contributed by atoms with van der Waals surface area (Å²) in [5, 5.41) is 10.1. The lowest BCUT2D eigenvalue weighted by Crippen LogP contribution is -2.37. The average Bonchev–Trinajstić information content (AvgIpc) is 2.80. The van der Waals surface area contributed by atoms with Gasteiger partial charge in [0.25, 0.3) is 0 Å². The van der Waals surface area contributed by atoms with Crippen molar-refractivity contribution < 1.29 is 24.2 Å². The Labute approximate surface area is 203 Å². The van der Waals surface area contributed by atoms with Crippen LogP contribution in [0.15, 0.2) is 12.2 Å². The lowest BCUT2D eigenvalue weighted by atomic mass is 9.98. The van der Waals surface area contributed by atoms with E-state index in [1.54, 1.807) is 13.8 Å². The summed E-state index contributed by atoms with van der Waals surface area (Å²) >= 11 is 0. The maximum absolute atomic E-state index is 12.1. The topological polar surface area (TPSA) is 72.8 Å². The molecule has 194 valence electrons. The van der Waals surface area contributed by atoms with Crippen LogP contribution in [0.2, 0.25) is 0 Å². The number of aliphatic hydroxyl groups excluding tert-OH is 1. The highest BCUT2D eigenvalue weighted by Gasteiger charge is 2.33. The predicted molar refractivity (Wildman–Crippen MR) is 136 cm³/mol. The molecule has 0 unspecified atom stereocenters. The molecular formula is C28H52O5. The Bertz CT molecular complexity index is 489. The molecule has 0 amide bonds. The number of hydrogen-bond donors (Lipinski definition) is 1. The van der Waals surface area contributed by atoms with Crippen molar-refractivity contribution in [1.82, 2.24) is 0 Å². The van der Waals surface area contributed by atoms with Crippen LogP contribution < -0.4 is 0 Å². The SMILES string of the molecule is CCCCCCCCCCCCCCCCC/C=C/C[C@@H](C(=O)OCC)[C@H](O)C(=O)OCC. The third-order valence-corrected chi connectivity index (χ3v) is 6.03. The minimum Gasteiger partial charge on any atom is -0.466 e. The monoisotopic (exact) mass is 468 g/mol. The first-order valence-corrected chi connectivity index (χ1v) is 13.7.